The number of hydrogen-bond acceptors (Lipinski definition) is 3. The van der Waals surface area contributed by atoms with Crippen LogP contribution < -0.4 is 4.90 Å². The zero-order valence-corrected chi connectivity index (χ0v) is 27.4. The van der Waals surface area contributed by atoms with Gasteiger partial charge in [0.1, 0.15) is 5.58 Å². The van der Waals surface area contributed by atoms with E-state index in [9.17, 15) is 0 Å². The summed E-state index contributed by atoms with van der Waals surface area (Å²) in [6.07, 6.45) is 0. The summed E-state index contributed by atoms with van der Waals surface area (Å²) >= 11 is 1.85. The summed E-state index contributed by atoms with van der Waals surface area (Å²) in [5, 5.41) is 7.27. The number of benzene rings is 7. The van der Waals surface area contributed by atoms with Crippen LogP contribution in [0.25, 0.3) is 69.6 Å². The van der Waals surface area contributed by atoms with Crippen LogP contribution in [0.1, 0.15) is 11.1 Å². The van der Waals surface area contributed by atoms with Gasteiger partial charge in [-0.3, -0.25) is 0 Å². The van der Waals surface area contributed by atoms with Crippen LogP contribution in [0, 0.1) is 13.8 Å². The van der Waals surface area contributed by atoms with Crippen molar-refractivity contribution < 1.29 is 4.42 Å². The molecule has 0 atom stereocenters. The molecule has 0 bridgehead atoms. The van der Waals surface area contributed by atoms with Gasteiger partial charge in [0.2, 0.25) is 0 Å². The minimum atomic E-state index is 0.909. The fraction of sp³-hybridized carbons (Fsp3) is 0.0455. The molecular weight excluding hydrogens is 605 g/mol. The largest absolute Gasteiger partial charge is 0.454 e. The van der Waals surface area contributed by atoms with Crippen molar-refractivity contribution in [2.45, 2.75) is 13.8 Å². The summed E-state index contributed by atoms with van der Waals surface area (Å²) in [5.74, 6) is 0. The third-order valence-corrected chi connectivity index (χ3v) is 10.8. The maximum Gasteiger partial charge on any atom is 0.160 e. The minimum Gasteiger partial charge on any atom is -0.454 e. The Morgan fingerprint density at radius 3 is 2.00 bits per heavy atom. The van der Waals surface area contributed by atoms with Crippen LogP contribution >= 0.6 is 11.3 Å². The maximum atomic E-state index is 6.59. The predicted molar refractivity (Wildman–Crippen MR) is 205 cm³/mol. The van der Waals surface area contributed by atoms with E-state index in [2.05, 4.69) is 163 Å². The molecule has 0 aliphatic heterocycles. The van der Waals surface area contributed by atoms with E-state index in [1.165, 1.54) is 42.1 Å². The molecule has 10 rings (SSSR count). The third-order valence-electron chi connectivity index (χ3n) is 9.63. The van der Waals surface area contributed by atoms with Gasteiger partial charge in [0.05, 0.1) is 11.0 Å². The van der Waals surface area contributed by atoms with E-state index in [1.807, 2.05) is 17.4 Å². The minimum absolute atomic E-state index is 0.909. The highest BCUT2D eigenvalue weighted by Crippen LogP contribution is 2.43. The molecule has 0 saturated heterocycles. The van der Waals surface area contributed by atoms with Gasteiger partial charge in [-0.05, 0) is 104 Å². The Labute approximate surface area is 281 Å². The van der Waals surface area contributed by atoms with Crippen molar-refractivity contribution in [1.82, 2.24) is 4.57 Å². The number of aromatic nitrogens is 1. The first-order valence-corrected chi connectivity index (χ1v) is 17.2. The molecule has 0 spiro atoms. The summed E-state index contributed by atoms with van der Waals surface area (Å²) in [5.41, 5.74) is 11.1. The molecule has 0 N–H and O–H groups in total. The first-order chi connectivity index (χ1) is 23.6. The van der Waals surface area contributed by atoms with Crippen LogP contribution in [0.2, 0.25) is 0 Å². The molecule has 0 aliphatic carbocycles. The molecule has 0 amide bonds. The van der Waals surface area contributed by atoms with Gasteiger partial charge in [-0.1, -0.05) is 66.7 Å². The molecular formula is C44H30N2OS. The van der Waals surface area contributed by atoms with Crippen molar-refractivity contribution in [3.8, 4) is 5.69 Å². The lowest BCUT2D eigenvalue weighted by molar-refractivity contribution is 0.671. The Balaban J connectivity index is 1.19. The molecule has 0 aliphatic rings. The smallest absolute Gasteiger partial charge is 0.160 e. The van der Waals surface area contributed by atoms with E-state index in [0.717, 1.165) is 55.7 Å². The van der Waals surface area contributed by atoms with Crippen LogP contribution in [0.4, 0.5) is 17.1 Å². The molecule has 0 saturated carbocycles. The predicted octanol–water partition coefficient (Wildman–Crippen LogP) is 13.1. The molecule has 3 nitrogen and oxygen atoms in total. The Morgan fingerprint density at radius 1 is 0.500 bits per heavy atom. The highest BCUT2D eigenvalue weighted by Gasteiger charge is 2.20. The summed E-state index contributed by atoms with van der Waals surface area (Å²) in [4.78, 5) is 2.39. The lowest BCUT2D eigenvalue weighted by atomic mass is 10.1. The number of anilines is 3. The number of aryl methyl sites for hydroxylation is 2. The van der Waals surface area contributed by atoms with Crippen molar-refractivity contribution in [3.63, 3.8) is 0 Å². The van der Waals surface area contributed by atoms with Gasteiger partial charge in [0.15, 0.2) is 5.58 Å². The second-order valence-electron chi connectivity index (χ2n) is 12.8. The van der Waals surface area contributed by atoms with Gasteiger partial charge in [-0.15, -0.1) is 11.3 Å². The zero-order chi connectivity index (χ0) is 31.9. The number of nitrogens with zero attached hydrogens (tertiary/aromatic N) is 2. The molecule has 3 aromatic heterocycles. The average molecular weight is 635 g/mol. The summed E-state index contributed by atoms with van der Waals surface area (Å²) < 4.78 is 11.6. The first-order valence-electron chi connectivity index (χ1n) is 16.3. The van der Waals surface area contributed by atoms with E-state index in [1.54, 1.807) is 0 Å². The van der Waals surface area contributed by atoms with Crippen molar-refractivity contribution in [3.05, 3.63) is 157 Å². The van der Waals surface area contributed by atoms with E-state index < -0.39 is 0 Å². The van der Waals surface area contributed by atoms with Crippen molar-refractivity contribution in [1.29, 1.82) is 0 Å². The molecule has 0 unspecified atom stereocenters. The van der Waals surface area contributed by atoms with Gasteiger partial charge in [-0.2, -0.15) is 0 Å². The van der Waals surface area contributed by atoms with Crippen LogP contribution in [-0.4, -0.2) is 4.57 Å². The average Bonchev–Trinajstić information content (AvgIpc) is 3.78. The number of furan rings is 1. The number of para-hydroxylation sites is 2. The number of thiophene rings is 1. The molecule has 48 heavy (non-hydrogen) atoms. The molecule has 228 valence electrons. The maximum absolute atomic E-state index is 6.59. The molecule has 0 radical (unpaired) electrons. The van der Waals surface area contributed by atoms with E-state index in [0.29, 0.717) is 0 Å². The van der Waals surface area contributed by atoms with Gasteiger partial charge in [-0.25, -0.2) is 0 Å². The number of hydrogen-bond donors (Lipinski definition) is 0. The third kappa shape index (κ3) is 4.06. The van der Waals surface area contributed by atoms with Crippen LogP contribution in [0.3, 0.4) is 0 Å². The fourth-order valence-electron chi connectivity index (χ4n) is 7.63. The van der Waals surface area contributed by atoms with Crippen LogP contribution in [0.15, 0.2) is 150 Å². The number of rotatable bonds is 4. The van der Waals surface area contributed by atoms with E-state index in [4.69, 9.17) is 4.42 Å². The van der Waals surface area contributed by atoms with Crippen LogP contribution in [-0.2, 0) is 0 Å². The number of fused-ring (bicyclic) bond motifs is 10. The van der Waals surface area contributed by atoms with E-state index >= 15 is 0 Å². The van der Waals surface area contributed by atoms with Crippen molar-refractivity contribution >= 4 is 92.3 Å². The quantitative estimate of drug-likeness (QED) is 0.192. The van der Waals surface area contributed by atoms with Crippen molar-refractivity contribution in [2.24, 2.45) is 0 Å². The van der Waals surface area contributed by atoms with Crippen LogP contribution in [0.5, 0.6) is 0 Å². The van der Waals surface area contributed by atoms with E-state index in [-0.39, 0.29) is 0 Å². The Bertz CT molecular complexity index is 2850. The summed E-state index contributed by atoms with van der Waals surface area (Å²) in [7, 11) is 0. The monoisotopic (exact) mass is 634 g/mol. The molecule has 0 fully saturated rings. The second kappa shape index (κ2) is 10.3. The Hall–Kier alpha value is -5.84. The highest BCUT2D eigenvalue weighted by molar-refractivity contribution is 7.25. The summed E-state index contributed by atoms with van der Waals surface area (Å²) in [6, 6.07) is 52.8. The standard InChI is InChI=1S/C44H30N2OS/c1-27-23-28(2)25-32(24-27)45(31-19-22-42-38(26-31)35-11-5-8-14-41(35)48-42)29-15-17-30(18-16-29)46-39-12-6-3-9-33(39)36-20-21-37-34-10-4-7-13-40(34)47-44(37)43(36)46/h3-26H,1-2H3. The lowest BCUT2D eigenvalue weighted by Crippen LogP contribution is -2.10. The lowest BCUT2D eigenvalue weighted by Gasteiger charge is -2.27. The van der Waals surface area contributed by atoms with Gasteiger partial charge >= 0.3 is 0 Å². The molecule has 10 aromatic rings. The normalized spacial score (nSPS) is 12.0. The molecule has 7 aromatic carbocycles. The molecule has 3 heterocycles. The Morgan fingerprint density at radius 2 is 1.17 bits per heavy atom. The van der Waals surface area contributed by atoms with Gasteiger partial charge in [0.25, 0.3) is 0 Å². The van der Waals surface area contributed by atoms with Gasteiger partial charge in [0, 0.05) is 64.5 Å². The highest BCUT2D eigenvalue weighted by atomic mass is 32.1. The Kier molecular flexibility index (Phi) is 5.87. The second-order valence-corrected chi connectivity index (χ2v) is 13.8. The fourth-order valence-corrected chi connectivity index (χ4v) is 8.72. The van der Waals surface area contributed by atoms with Crippen molar-refractivity contribution in [2.75, 3.05) is 4.90 Å². The molecule has 4 heteroatoms. The topological polar surface area (TPSA) is 21.3 Å². The first kappa shape index (κ1) is 27.3. The van der Waals surface area contributed by atoms with Gasteiger partial charge < -0.3 is 13.9 Å². The summed E-state index contributed by atoms with van der Waals surface area (Å²) in [6.45, 7) is 4.35. The SMILES string of the molecule is Cc1cc(C)cc(N(c2ccc(-n3c4ccccc4c4ccc5c6ccccc6oc5c43)cc2)c2ccc3sc4ccccc4c3c2)c1. The zero-order valence-electron chi connectivity index (χ0n) is 26.6.